The van der Waals surface area contributed by atoms with Gasteiger partial charge in [0.25, 0.3) is 5.69 Å². The maximum atomic E-state index is 12.5. The molecule has 3 rings (SSSR count). The molecule has 0 spiro atoms. The van der Waals surface area contributed by atoms with Crippen LogP contribution in [0, 0.1) is 17.0 Å². The standard InChI is InChI=1S/C14H10N2O4/c1-8-9(5-6-20-8)14(17)10-7-15-11-3-2-4-12(13(10)11)16(18)19/h2-7,15H,1H3. The Morgan fingerprint density at radius 1 is 1.30 bits per heavy atom. The van der Waals surface area contributed by atoms with E-state index in [1.165, 1.54) is 18.5 Å². The zero-order chi connectivity index (χ0) is 14.3. The monoisotopic (exact) mass is 270 g/mol. The van der Waals surface area contributed by atoms with Crippen molar-refractivity contribution in [2.45, 2.75) is 6.92 Å². The van der Waals surface area contributed by atoms with Gasteiger partial charge in [-0.1, -0.05) is 6.07 Å². The van der Waals surface area contributed by atoms with E-state index in [4.69, 9.17) is 4.42 Å². The Balaban J connectivity index is 2.25. The van der Waals surface area contributed by atoms with E-state index < -0.39 is 4.92 Å². The van der Waals surface area contributed by atoms with Gasteiger partial charge in [-0.3, -0.25) is 14.9 Å². The van der Waals surface area contributed by atoms with Crippen LogP contribution in [0.1, 0.15) is 21.7 Å². The zero-order valence-electron chi connectivity index (χ0n) is 10.5. The molecule has 0 saturated carbocycles. The molecule has 6 heteroatoms. The third-order valence-corrected chi connectivity index (χ3v) is 3.23. The van der Waals surface area contributed by atoms with Crippen LogP contribution in [0.25, 0.3) is 10.9 Å². The number of hydrogen-bond donors (Lipinski definition) is 1. The van der Waals surface area contributed by atoms with Crippen LogP contribution in [0.4, 0.5) is 5.69 Å². The second-order valence-corrected chi connectivity index (χ2v) is 4.38. The van der Waals surface area contributed by atoms with E-state index in [1.807, 2.05) is 0 Å². The predicted molar refractivity (Wildman–Crippen MR) is 71.8 cm³/mol. The number of rotatable bonds is 3. The minimum atomic E-state index is -0.491. The van der Waals surface area contributed by atoms with Crippen molar-refractivity contribution in [3.8, 4) is 0 Å². The summed E-state index contributed by atoms with van der Waals surface area (Å²) in [6, 6.07) is 6.22. The highest BCUT2D eigenvalue weighted by Gasteiger charge is 2.23. The molecule has 0 bridgehead atoms. The van der Waals surface area contributed by atoms with Gasteiger partial charge in [0.05, 0.1) is 33.2 Å². The molecule has 2 heterocycles. The van der Waals surface area contributed by atoms with Crippen molar-refractivity contribution in [2.75, 3.05) is 0 Å². The number of fused-ring (bicyclic) bond motifs is 1. The second kappa shape index (κ2) is 4.34. The fourth-order valence-corrected chi connectivity index (χ4v) is 2.26. The number of non-ortho nitro benzene ring substituents is 1. The average Bonchev–Trinajstić information content (AvgIpc) is 3.03. The molecule has 1 aromatic carbocycles. The van der Waals surface area contributed by atoms with E-state index >= 15 is 0 Å². The number of aromatic nitrogens is 1. The Kier molecular flexibility index (Phi) is 2.64. The molecule has 0 radical (unpaired) electrons. The molecule has 0 saturated heterocycles. The summed E-state index contributed by atoms with van der Waals surface area (Å²) in [6.45, 7) is 1.68. The maximum absolute atomic E-state index is 12.5. The van der Waals surface area contributed by atoms with Crippen LogP contribution in [-0.4, -0.2) is 15.7 Å². The van der Waals surface area contributed by atoms with Crippen LogP contribution in [0.2, 0.25) is 0 Å². The number of nitro groups is 1. The third kappa shape index (κ3) is 1.70. The van der Waals surface area contributed by atoms with Gasteiger partial charge in [0, 0.05) is 12.3 Å². The van der Waals surface area contributed by atoms with Crippen LogP contribution in [0.15, 0.2) is 41.1 Å². The quantitative estimate of drug-likeness (QED) is 0.449. The summed E-state index contributed by atoms with van der Waals surface area (Å²) in [4.78, 5) is 26.0. The molecule has 0 unspecified atom stereocenters. The van der Waals surface area contributed by atoms with E-state index in [1.54, 1.807) is 25.1 Å². The summed E-state index contributed by atoms with van der Waals surface area (Å²) in [5.41, 5.74) is 1.15. The first-order valence-corrected chi connectivity index (χ1v) is 5.93. The normalized spacial score (nSPS) is 10.8. The first kappa shape index (κ1) is 12.2. The van der Waals surface area contributed by atoms with Crippen molar-refractivity contribution < 1.29 is 14.1 Å². The summed E-state index contributed by atoms with van der Waals surface area (Å²) in [7, 11) is 0. The number of nitrogens with zero attached hydrogens (tertiary/aromatic N) is 1. The lowest BCUT2D eigenvalue weighted by Gasteiger charge is -1.99. The number of furan rings is 1. The van der Waals surface area contributed by atoms with Crippen LogP contribution in [0.3, 0.4) is 0 Å². The predicted octanol–water partition coefficient (Wildman–Crippen LogP) is 3.21. The Bertz CT molecular complexity index is 829. The molecule has 0 aliphatic rings. The molecule has 1 N–H and O–H groups in total. The number of carbonyl (C=O) groups is 1. The van der Waals surface area contributed by atoms with Gasteiger partial charge in [-0.15, -0.1) is 0 Å². The molecule has 0 fully saturated rings. The third-order valence-electron chi connectivity index (χ3n) is 3.23. The number of nitrogens with one attached hydrogen (secondary N) is 1. The van der Waals surface area contributed by atoms with Crippen LogP contribution < -0.4 is 0 Å². The lowest BCUT2D eigenvalue weighted by Crippen LogP contribution is -2.01. The molecule has 6 nitrogen and oxygen atoms in total. The van der Waals surface area contributed by atoms with Gasteiger partial charge in [0.15, 0.2) is 5.78 Å². The largest absolute Gasteiger partial charge is 0.469 e. The summed E-state index contributed by atoms with van der Waals surface area (Å²) >= 11 is 0. The number of aryl methyl sites for hydroxylation is 1. The number of benzene rings is 1. The van der Waals surface area contributed by atoms with E-state index in [0.717, 1.165) is 0 Å². The summed E-state index contributed by atoms with van der Waals surface area (Å²) < 4.78 is 5.11. The average molecular weight is 270 g/mol. The number of carbonyl (C=O) groups excluding carboxylic acids is 1. The van der Waals surface area contributed by atoms with Crippen molar-refractivity contribution in [3.05, 3.63) is 63.7 Å². The van der Waals surface area contributed by atoms with E-state index in [9.17, 15) is 14.9 Å². The SMILES string of the molecule is Cc1occc1C(=O)c1c[nH]c2cccc([N+](=O)[O-])c12. The van der Waals surface area contributed by atoms with Crippen molar-refractivity contribution in [1.82, 2.24) is 4.98 Å². The summed E-state index contributed by atoms with van der Waals surface area (Å²) in [6.07, 6.45) is 2.91. The van der Waals surface area contributed by atoms with Gasteiger partial charge in [0.1, 0.15) is 5.76 Å². The molecule has 3 aromatic rings. The highest BCUT2D eigenvalue weighted by molar-refractivity contribution is 6.18. The number of ketones is 1. The van der Waals surface area contributed by atoms with Crippen molar-refractivity contribution in [2.24, 2.45) is 0 Å². The Morgan fingerprint density at radius 3 is 2.75 bits per heavy atom. The fourth-order valence-electron chi connectivity index (χ4n) is 2.26. The molecule has 100 valence electrons. The van der Waals surface area contributed by atoms with E-state index in [-0.39, 0.29) is 17.0 Å². The van der Waals surface area contributed by atoms with Gasteiger partial charge in [-0.2, -0.15) is 0 Å². The Morgan fingerprint density at radius 2 is 2.10 bits per heavy atom. The Labute approximate surface area is 113 Å². The second-order valence-electron chi connectivity index (χ2n) is 4.38. The highest BCUT2D eigenvalue weighted by Crippen LogP contribution is 2.30. The summed E-state index contributed by atoms with van der Waals surface area (Å²) in [5, 5.41) is 11.4. The lowest BCUT2D eigenvalue weighted by molar-refractivity contribution is -0.383. The molecule has 0 aliphatic heterocycles. The van der Waals surface area contributed by atoms with Crippen LogP contribution >= 0.6 is 0 Å². The number of H-pyrrole nitrogens is 1. The highest BCUT2D eigenvalue weighted by atomic mass is 16.6. The fraction of sp³-hybridized carbons (Fsp3) is 0.0714. The molecule has 2 aromatic heterocycles. The summed E-state index contributed by atoms with van der Waals surface area (Å²) in [5.74, 6) is 0.194. The minimum absolute atomic E-state index is 0.0896. The molecular weight excluding hydrogens is 260 g/mol. The minimum Gasteiger partial charge on any atom is -0.469 e. The molecule has 0 atom stereocenters. The Hall–Kier alpha value is -2.89. The number of nitro benzene ring substituents is 1. The molecular formula is C14H10N2O4. The lowest BCUT2D eigenvalue weighted by atomic mass is 10.0. The number of hydrogen-bond acceptors (Lipinski definition) is 4. The smallest absolute Gasteiger partial charge is 0.279 e. The van der Waals surface area contributed by atoms with Crippen molar-refractivity contribution in [3.63, 3.8) is 0 Å². The van der Waals surface area contributed by atoms with Gasteiger partial charge in [-0.25, -0.2) is 0 Å². The van der Waals surface area contributed by atoms with E-state index in [2.05, 4.69) is 4.98 Å². The molecule has 0 amide bonds. The molecule has 20 heavy (non-hydrogen) atoms. The van der Waals surface area contributed by atoms with Crippen LogP contribution in [0.5, 0.6) is 0 Å². The first-order valence-electron chi connectivity index (χ1n) is 5.93. The first-order chi connectivity index (χ1) is 9.59. The van der Waals surface area contributed by atoms with Gasteiger partial charge in [0.2, 0.25) is 0 Å². The van der Waals surface area contributed by atoms with Crippen LogP contribution in [-0.2, 0) is 0 Å². The van der Waals surface area contributed by atoms with Gasteiger partial charge in [-0.05, 0) is 19.1 Å². The maximum Gasteiger partial charge on any atom is 0.279 e. The topological polar surface area (TPSA) is 89.1 Å². The van der Waals surface area contributed by atoms with Gasteiger partial charge >= 0.3 is 0 Å². The van der Waals surface area contributed by atoms with Crippen molar-refractivity contribution in [1.29, 1.82) is 0 Å². The van der Waals surface area contributed by atoms with Gasteiger partial charge < -0.3 is 9.40 Å². The number of aromatic amines is 1. The van der Waals surface area contributed by atoms with Crippen molar-refractivity contribution >= 4 is 22.4 Å². The molecule has 0 aliphatic carbocycles. The van der Waals surface area contributed by atoms with E-state index in [0.29, 0.717) is 22.2 Å². The zero-order valence-corrected chi connectivity index (χ0v) is 10.5.